The number of anilines is 9. The molecule has 7 aromatic carbocycles. The van der Waals surface area contributed by atoms with Crippen LogP contribution in [0.5, 0.6) is 0 Å². The van der Waals surface area contributed by atoms with Crippen LogP contribution < -0.4 is 75.9 Å². The van der Waals surface area contributed by atoms with Gasteiger partial charge in [-0.2, -0.15) is 5.10 Å². The van der Waals surface area contributed by atoms with Gasteiger partial charge in [-0.05, 0) is 365 Å². The molecule has 2 saturated heterocycles. The second-order valence-electron chi connectivity index (χ2n) is 42.6. The molecule has 0 bridgehead atoms. The largest absolute Gasteiger partial charge is 0.444 e. The monoisotopic (exact) mass is 2130 g/mol. The lowest BCUT2D eigenvalue weighted by atomic mass is 10.2. The lowest BCUT2D eigenvalue weighted by Gasteiger charge is -2.22. The summed E-state index contributed by atoms with van der Waals surface area (Å²) in [6.45, 7) is 36.4. The Balaban J connectivity index is 0.000000225. The molecule has 9 aromatic rings. The highest BCUT2D eigenvalue weighted by Gasteiger charge is 2.34. The number of aromatic nitrogens is 3. The Labute approximate surface area is 872 Å². The molecule has 147 heavy (non-hydrogen) atoms. The van der Waals surface area contributed by atoms with Gasteiger partial charge in [0.25, 0.3) is 0 Å². The lowest BCUT2D eigenvalue weighted by molar-refractivity contribution is -0.117. The van der Waals surface area contributed by atoms with Crippen LogP contribution in [0.2, 0.25) is 0 Å². The minimum absolute atomic E-state index is 0.0297. The second kappa shape index (κ2) is 54.8. The van der Waals surface area contributed by atoms with Crippen LogP contribution in [0.25, 0.3) is 22.3 Å². The first-order valence-electron chi connectivity index (χ1n) is 50.4. The third kappa shape index (κ3) is 40.3. The van der Waals surface area contributed by atoms with Crippen LogP contribution in [-0.4, -0.2) is 199 Å². The third-order valence-electron chi connectivity index (χ3n) is 24.1. The number of hydrogen-bond acceptors (Lipinski definition) is 22. The van der Waals surface area contributed by atoms with Gasteiger partial charge in [0.15, 0.2) is 0 Å². The van der Waals surface area contributed by atoms with Crippen molar-refractivity contribution in [1.82, 2.24) is 43.3 Å². The van der Waals surface area contributed by atoms with Crippen LogP contribution >= 0.6 is 0 Å². The number of carbonyl (C=O) groups excluding carboxylic acids is 6. The van der Waals surface area contributed by atoms with Gasteiger partial charge in [0.05, 0.1) is 41.0 Å². The number of fused-ring (bicyclic) bond motifs is 2. The summed E-state index contributed by atoms with van der Waals surface area (Å²) in [6.07, 6.45) is 15.9. The highest BCUT2D eigenvalue weighted by Crippen LogP contribution is 2.36. The molecule has 6 amide bonds. The number of amides is 6. The number of benzene rings is 7. The van der Waals surface area contributed by atoms with E-state index in [9.17, 15) is 70.9 Å². The minimum atomic E-state index is -3.36. The summed E-state index contributed by atoms with van der Waals surface area (Å²) < 4.78 is 138. The van der Waals surface area contributed by atoms with Crippen LogP contribution in [0.3, 0.4) is 0 Å². The molecule has 3 aliphatic heterocycles. The molecule has 0 spiro atoms. The van der Waals surface area contributed by atoms with Crippen molar-refractivity contribution in [1.29, 1.82) is 0 Å². The van der Waals surface area contributed by atoms with E-state index < -0.39 is 85.5 Å². The first-order valence-corrected chi connectivity index (χ1v) is 57.8. The topological polar surface area (TPSA) is 473 Å². The van der Waals surface area contributed by atoms with Gasteiger partial charge in [-0.25, -0.2) is 75.2 Å². The number of nitrogens with two attached hydrogens (primary N) is 1. The molecule has 2 aromatic heterocycles. The van der Waals surface area contributed by atoms with Gasteiger partial charge >= 0.3 is 6.09 Å². The molecular weight excluding hydrogens is 1970 g/mol. The van der Waals surface area contributed by atoms with E-state index in [0.717, 1.165) is 102 Å². The molecule has 12 rings (SSSR count). The predicted octanol–water partition coefficient (Wildman–Crippen LogP) is 17.0. The van der Waals surface area contributed by atoms with E-state index in [2.05, 4.69) is 122 Å². The maximum atomic E-state index is 12.2. The Kier molecular flexibility index (Phi) is 45.2. The normalized spacial score (nSPS) is 14.7. The van der Waals surface area contributed by atoms with Crippen LogP contribution in [0.4, 0.5) is 56.0 Å². The Morgan fingerprint density at radius 3 is 1.02 bits per heavy atom. The van der Waals surface area contributed by atoms with Gasteiger partial charge in [-0.3, -0.25) is 24.0 Å². The first-order chi connectivity index (χ1) is 68.8. The zero-order chi connectivity index (χ0) is 108. The molecule has 0 saturated carbocycles. The molecule has 2 atom stereocenters. The van der Waals surface area contributed by atoms with Gasteiger partial charge in [0.1, 0.15) is 5.60 Å². The standard InChI is InChI=1S/C24H40N4O5S.C23H31N3O3S.C23H29N3O3S.C19H32N4O3S.C18H26N4O3S/c1-23(2,3)33-22(30)27-19-14-16-28(17-19)20-12-10-18(11-13-20)26-21(29)9-7-8-15-25-34(31,32)24(4,5)6;2*1-23(2,3)30(28,29)24-16-7-6-10-22(27)25-19-11-13-20(14-12-19)26-17-15-18-8-4-5-9-21(18)26;1-19(2,3)27(25,26)21-12-5-4-6-18(24)22-16-7-9-17(10-8-16)23-13-11-15(20)14-23;1-18(2,3)26(24,25)20-13-5-4-7-17(23)21-15-8-10-16(11-9-15)22-14-6-12-19-22/h10-13,19,25H,7-9,14-17H2,1-6H3,(H,26,29)(H,27,30);4-5,8-9,11-14,24H,6-7,10,15-17H2,1-3H3,(H,25,27);4-5,8-9,11-15,17,24H,6-7,10,16H2,1-3H3,(H,25,27);7-10,15,21H,4-6,11-14,20H2,1-3H3,(H,22,24);6,8-12,14,20H,4-5,7,13H2,1-3H3,(H,21,23). The van der Waals surface area contributed by atoms with Crippen molar-refractivity contribution < 1.29 is 75.6 Å². The van der Waals surface area contributed by atoms with E-state index >= 15 is 0 Å². The van der Waals surface area contributed by atoms with E-state index in [-0.39, 0.29) is 41.6 Å². The summed E-state index contributed by atoms with van der Waals surface area (Å²) in [5, 5.41) is 22.7. The highest BCUT2D eigenvalue weighted by atomic mass is 32.2. The van der Waals surface area contributed by atoms with Crippen molar-refractivity contribution >= 4 is 148 Å². The lowest BCUT2D eigenvalue weighted by Crippen LogP contribution is -2.40. The van der Waals surface area contributed by atoms with E-state index in [1.165, 1.54) is 16.6 Å². The van der Waals surface area contributed by atoms with Gasteiger partial charge < -0.3 is 61.6 Å². The summed E-state index contributed by atoms with van der Waals surface area (Å²) in [7, 11) is -16.7. The molecule has 808 valence electrons. The molecule has 2 unspecified atom stereocenters. The van der Waals surface area contributed by atoms with E-state index in [4.69, 9.17) is 10.5 Å². The van der Waals surface area contributed by atoms with E-state index in [0.29, 0.717) is 141 Å². The molecular formula is C107H158N18O17S5. The Hall–Kier alpha value is -11.2. The molecule has 2 fully saturated rings. The fourth-order valence-electron chi connectivity index (χ4n) is 14.9. The fourth-order valence-corrected chi connectivity index (χ4v) is 19.1. The molecule has 0 aliphatic carbocycles. The average molecular weight is 2130 g/mol. The number of sulfonamides is 5. The van der Waals surface area contributed by atoms with Crippen LogP contribution in [-0.2, 0) is 85.2 Å². The Morgan fingerprint density at radius 2 is 0.680 bits per heavy atom. The van der Waals surface area contributed by atoms with Crippen molar-refractivity contribution in [2.75, 3.05) is 107 Å². The average Bonchev–Trinajstić information content (AvgIpc) is 1.66. The molecule has 3 aliphatic rings. The van der Waals surface area contributed by atoms with Crippen LogP contribution in [0, 0.1) is 0 Å². The van der Waals surface area contributed by atoms with Crippen molar-refractivity contribution in [3.63, 3.8) is 0 Å². The smallest absolute Gasteiger partial charge is 0.407 e. The maximum absolute atomic E-state index is 12.2. The van der Waals surface area contributed by atoms with Crippen molar-refractivity contribution in [2.24, 2.45) is 5.73 Å². The molecule has 40 heteroatoms. The number of carbonyl (C=O) groups is 6. The number of nitrogens with zero attached hydrogens (tertiary/aromatic N) is 6. The maximum Gasteiger partial charge on any atom is 0.407 e. The van der Waals surface area contributed by atoms with E-state index in [1.807, 2.05) is 173 Å². The number of unbranched alkanes of at least 4 members (excludes halogenated alkanes) is 5. The summed E-state index contributed by atoms with van der Waals surface area (Å²) in [5.41, 5.74) is 18.1. The van der Waals surface area contributed by atoms with Gasteiger partial charge in [0.2, 0.25) is 79.7 Å². The van der Waals surface area contributed by atoms with Gasteiger partial charge in [0, 0.05) is 179 Å². The van der Waals surface area contributed by atoms with Crippen molar-refractivity contribution in [3.8, 4) is 11.4 Å². The van der Waals surface area contributed by atoms with Crippen LogP contribution in [0.1, 0.15) is 239 Å². The van der Waals surface area contributed by atoms with Gasteiger partial charge in [-0.15, -0.1) is 0 Å². The predicted molar refractivity (Wildman–Crippen MR) is 594 cm³/mol. The van der Waals surface area contributed by atoms with Gasteiger partial charge in [-0.1, -0.05) is 36.4 Å². The molecule has 5 heterocycles. The number of ether oxygens (including phenoxy) is 1. The fraction of sp³-hybridized carbons (Fsp3) is 0.505. The molecule has 0 radical (unpaired) electrons. The van der Waals surface area contributed by atoms with E-state index in [1.54, 1.807) is 115 Å². The first kappa shape index (κ1) is 121. The van der Waals surface area contributed by atoms with Crippen molar-refractivity contribution in [3.05, 3.63) is 206 Å². The number of rotatable bonds is 41. The highest BCUT2D eigenvalue weighted by molar-refractivity contribution is 7.92. The van der Waals surface area contributed by atoms with Crippen molar-refractivity contribution in [2.45, 2.75) is 282 Å². The quantitative estimate of drug-likeness (QED) is 0.0158. The molecule has 35 nitrogen and oxygen atoms in total. The Morgan fingerprint density at radius 1 is 0.354 bits per heavy atom. The number of hydrogen-bond donors (Lipinski definition) is 12. The second-order valence-corrected chi connectivity index (χ2v) is 55.2. The zero-order valence-corrected chi connectivity index (χ0v) is 92.8. The number of nitrogens with one attached hydrogen (secondary N) is 11. The summed E-state index contributed by atoms with van der Waals surface area (Å²) in [6, 6.07) is 59.2. The van der Waals surface area contributed by atoms with Crippen LogP contribution in [0.15, 0.2) is 201 Å². The number of alkyl carbamates (subject to hydrolysis) is 1. The summed E-state index contributed by atoms with van der Waals surface area (Å²) in [4.78, 5) is 79.3. The number of para-hydroxylation sites is 2. The summed E-state index contributed by atoms with van der Waals surface area (Å²) >= 11 is 0. The zero-order valence-electron chi connectivity index (χ0n) is 88.7. The summed E-state index contributed by atoms with van der Waals surface area (Å²) in [5.74, 6) is -0.393. The molecule has 13 N–H and O–H groups in total. The Bertz CT molecular complexity index is 6340. The third-order valence-corrected chi connectivity index (χ3v) is 35.1. The minimum Gasteiger partial charge on any atom is -0.444 e. The SMILES string of the molecule is CC(C)(C)OC(=O)NC1CCN(c2ccc(NC(=O)CCCCNS(=O)(=O)C(C)(C)C)cc2)C1.CC(C)(C)S(=O)(=O)NCCCCC(=O)Nc1ccc(-n2ccc3ccccc32)cc1.CC(C)(C)S(=O)(=O)NCCCCC(=O)Nc1ccc(-n2cccn2)cc1.CC(C)(C)S(=O)(=O)NCCCCC(=O)Nc1ccc(N2CCC(N)C2)cc1.CC(C)(C)S(=O)(=O)NCCCCC(=O)Nc1ccc(N2CCc3ccccc32)cc1.